The molecule has 0 aliphatic carbocycles. The Hall–Kier alpha value is -2.44. The van der Waals surface area contributed by atoms with E-state index < -0.39 is 0 Å². The standard InChI is InChI=1S/C19H25N3O3/c20-18-6-5-17(14-19(18)21)25-16-4-1-3-15(13-16)24-10-2-7-22-8-11-23-12-9-22/h1,3-6,13-14H,2,7-12,20-21H2. The van der Waals surface area contributed by atoms with Gasteiger partial charge in [0.25, 0.3) is 0 Å². The van der Waals surface area contributed by atoms with Crippen LogP contribution < -0.4 is 20.9 Å². The van der Waals surface area contributed by atoms with Crippen molar-refractivity contribution in [3.05, 3.63) is 42.5 Å². The minimum absolute atomic E-state index is 0.507. The lowest BCUT2D eigenvalue weighted by atomic mass is 10.2. The van der Waals surface area contributed by atoms with Gasteiger partial charge < -0.3 is 25.7 Å². The molecule has 1 fully saturated rings. The fraction of sp³-hybridized carbons (Fsp3) is 0.368. The van der Waals surface area contributed by atoms with Gasteiger partial charge in [-0.15, -0.1) is 0 Å². The number of nitrogens with zero attached hydrogens (tertiary/aromatic N) is 1. The maximum atomic E-state index is 5.84. The van der Waals surface area contributed by atoms with Gasteiger partial charge in [0.2, 0.25) is 0 Å². The molecule has 0 atom stereocenters. The second-order valence-corrected chi connectivity index (χ2v) is 6.02. The van der Waals surface area contributed by atoms with E-state index in [-0.39, 0.29) is 0 Å². The number of nitrogen functional groups attached to an aromatic ring is 2. The van der Waals surface area contributed by atoms with Crippen LogP contribution >= 0.6 is 0 Å². The summed E-state index contributed by atoms with van der Waals surface area (Å²) in [5.74, 6) is 2.15. The summed E-state index contributed by atoms with van der Waals surface area (Å²) < 4.78 is 17.0. The Morgan fingerprint density at radius 2 is 1.68 bits per heavy atom. The predicted molar refractivity (Wildman–Crippen MR) is 99.2 cm³/mol. The normalized spacial score (nSPS) is 15.0. The highest BCUT2D eigenvalue weighted by Crippen LogP contribution is 2.28. The molecule has 0 bridgehead atoms. The van der Waals surface area contributed by atoms with Crippen LogP contribution in [0, 0.1) is 0 Å². The molecular formula is C19H25N3O3. The lowest BCUT2D eigenvalue weighted by Gasteiger charge is -2.26. The van der Waals surface area contributed by atoms with Crippen molar-refractivity contribution in [1.29, 1.82) is 0 Å². The zero-order chi connectivity index (χ0) is 17.5. The van der Waals surface area contributed by atoms with Gasteiger partial charge in [0, 0.05) is 31.8 Å². The fourth-order valence-corrected chi connectivity index (χ4v) is 2.68. The van der Waals surface area contributed by atoms with Crippen molar-refractivity contribution >= 4 is 11.4 Å². The van der Waals surface area contributed by atoms with Crippen LogP contribution in [0.15, 0.2) is 42.5 Å². The Morgan fingerprint density at radius 1 is 0.920 bits per heavy atom. The van der Waals surface area contributed by atoms with Gasteiger partial charge in [0.1, 0.15) is 17.2 Å². The van der Waals surface area contributed by atoms with E-state index in [1.807, 2.05) is 24.3 Å². The first-order valence-corrected chi connectivity index (χ1v) is 8.56. The average molecular weight is 343 g/mol. The van der Waals surface area contributed by atoms with Gasteiger partial charge >= 0.3 is 0 Å². The number of nitrogens with two attached hydrogens (primary N) is 2. The summed E-state index contributed by atoms with van der Waals surface area (Å²) in [6.45, 7) is 5.38. The lowest BCUT2D eigenvalue weighted by molar-refractivity contribution is 0.0358. The molecule has 0 amide bonds. The Morgan fingerprint density at radius 3 is 2.48 bits per heavy atom. The van der Waals surface area contributed by atoms with E-state index in [9.17, 15) is 0 Å². The van der Waals surface area contributed by atoms with Gasteiger partial charge in [-0.1, -0.05) is 6.07 Å². The molecule has 0 aromatic heterocycles. The molecule has 1 saturated heterocycles. The molecule has 1 aliphatic rings. The number of benzene rings is 2. The van der Waals surface area contributed by atoms with Gasteiger partial charge in [0.15, 0.2) is 0 Å². The number of rotatable bonds is 7. The highest BCUT2D eigenvalue weighted by atomic mass is 16.5. The molecule has 1 aliphatic heterocycles. The average Bonchev–Trinajstić information content (AvgIpc) is 2.63. The molecule has 4 N–H and O–H groups in total. The summed E-state index contributed by atoms with van der Waals surface area (Å²) in [6, 6.07) is 12.8. The number of anilines is 2. The largest absolute Gasteiger partial charge is 0.493 e. The molecule has 2 aromatic carbocycles. The molecule has 0 saturated carbocycles. The van der Waals surface area contributed by atoms with E-state index in [1.54, 1.807) is 18.2 Å². The molecule has 0 spiro atoms. The Kier molecular flexibility index (Phi) is 5.98. The Labute approximate surface area is 148 Å². The van der Waals surface area contributed by atoms with Gasteiger partial charge in [-0.2, -0.15) is 0 Å². The summed E-state index contributed by atoms with van der Waals surface area (Å²) in [4.78, 5) is 2.40. The summed E-state index contributed by atoms with van der Waals surface area (Å²) in [5.41, 5.74) is 12.6. The van der Waals surface area contributed by atoms with E-state index in [0.29, 0.717) is 29.5 Å². The zero-order valence-corrected chi connectivity index (χ0v) is 14.3. The minimum Gasteiger partial charge on any atom is -0.493 e. The quantitative estimate of drug-likeness (QED) is 0.594. The molecular weight excluding hydrogens is 318 g/mol. The molecule has 134 valence electrons. The summed E-state index contributed by atoms with van der Waals surface area (Å²) in [6.07, 6.45) is 0.986. The molecule has 0 radical (unpaired) electrons. The monoisotopic (exact) mass is 343 g/mol. The smallest absolute Gasteiger partial charge is 0.131 e. The first kappa shape index (κ1) is 17.4. The van der Waals surface area contributed by atoms with Crippen molar-refractivity contribution in [3.63, 3.8) is 0 Å². The molecule has 0 unspecified atom stereocenters. The van der Waals surface area contributed by atoms with Crippen LogP contribution in [0.3, 0.4) is 0 Å². The second-order valence-electron chi connectivity index (χ2n) is 6.02. The van der Waals surface area contributed by atoms with Gasteiger partial charge in [-0.3, -0.25) is 4.90 Å². The maximum absolute atomic E-state index is 5.84. The van der Waals surface area contributed by atoms with Gasteiger partial charge in [-0.25, -0.2) is 0 Å². The van der Waals surface area contributed by atoms with Crippen molar-refractivity contribution in [1.82, 2.24) is 4.90 Å². The molecule has 25 heavy (non-hydrogen) atoms. The second kappa shape index (κ2) is 8.60. The fourth-order valence-electron chi connectivity index (χ4n) is 2.68. The molecule has 1 heterocycles. The van der Waals surface area contributed by atoms with E-state index in [2.05, 4.69) is 4.90 Å². The van der Waals surface area contributed by atoms with Crippen molar-refractivity contribution in [3.8, 4) is 17.2 Å². The predicted octanol–water partition coefficient (Wildman–Crippen LogP) is 2.74. The van der Waals surface area contributed by atoms with Crippen molar-refractivity contribution < 1.29 is 14.2 Å². The SMILES string of the molecule is Nc1ccc(Oc2cccc(OCCCN3CCOCC3)c2)cc1N. The van der Waals surface area contributed by atoms with E-state index >= 15 is 0 Å². The van der Waals surface area contributed by atoms with Crippen molar-refractivity contribution in [2.75, 3.05) is 50.9 Å². The highest BCUT2D eigenvalue weighted by molar-refractivity contribution is 5.65. The third-order valence-electron chi connectivity index (χ3n) is 4.09. The third kappa shape index (κ3) is 5.27. The van der Waals surface area contributed by atoms with Crippen LogP contribution in [0.2, 0.25) is 0 Å². The lowest BCUT2D eigenvalue weighted by Crippen LogP contribution is -2.37. The van der Waals surface area contributed by atoms with Crippen LogP contribution in [0.5, 0.6) is 17.2 Å². The maximum Gasteiger partial charge on any atom is 0.131 e. The summed E-state index contributed by atoms with van der Waals surface area (Å²) in [7, 11) is 0. The van der Waals surface area contributed by atoms with Crippen LogP contribution in [0.1, 0.15) is 6.42 Å². The Bertz CT molecular complexity index is 687. The van der Waals surface area contributed by atoms with E-state index in [4.69, 9.17) is 25.7 Å². The van der Waals surface area contributed by atoms with Crippen molar-refractivity contribution in [2.24, 2.45) is 0 Å². The molecule has 3 rings (SSSR count). The van der Waals surface area contributed by atoms with Crippen LogP contribution in [0.25, 0.3) is 0 Å². The first-order valence-electron chi connectivity index (χ1n) is 8.56. The number of morpholine rings is 1. The molecule has 6 nitrogen and oxygen atoms in total. The zero-order valence-electron chi connectivity index (χ0n) is 14.3. The van der Waals surface area contributed by atoms with Crippen LogP contribution in [-0.2, 0) is 4.74 Å². The number of hydrogen-bond acceptors (Lipinski definition) is 6. The van der Waals surface area contributed by atoms with Gasteiger partial charge in [0.05, 0.1) is 31.2 Å². The van der Waals surface area contributed by atoms with Crippen molar-refractivity contribution in [2.45, 2.75) is 6.42 Å². The van der Waals surface area contributed by atoms with Gasteiger partial charge in [-0.05, 0) is 30.7 Å². The number of ether oxygens (including phenoxy) is 3. The molecule has 2 aromatic rings. The van der Waals surface area contributed by atoms with Crippen LogP contribution in [-0.4, -0.2) is 44.4 Å². The highest BCUT2D eigenvalue weighted by Gasteiger charge is 2.09. The van der Waals surface area contributed by atoms with Crippen LogP contribution in [0.4, 0.5) is 11.4 Å². The first-order chi connectivity index (χ1) is 12.2. The summed E-state index contributed by atoms with van der Waals surface area (Å²) >= 11 is 0. The number of hydrogen-bond donors (Lipinski definition) is 2. The minimum atomic E-state index is 0.507. The van der Waals surface area contributed by atoms with E-state index in [1.165, 1.54) is 0 Å². The van der Waals surface area contributed by atoms with E-state index in [0.717, 1.165) is 45.0 Å². The third-order valence-corrected chi connectivity index (χ3v) is 4.09. The molecule has 6 heteroatoms. The topological polar surface area (TPSA) is 83.0 Å². The summed E-state index contributed by atoms with van der Waals surface area (Å²) in [5, 5.41) is 0. The Balaban J connectivity index is 1.48.